The Morgan fingerprint density at radius 1 is 1.53 bits per heavy atom. The summed E-state index contributed by atoms with van der Waals surface area (Å²) in [7, 11) is 0. The molecule has 84 valence electrons. The van der Waals surface area contributed by atoms with Crippen molar-refractivity contribution in [3.8, 4) is 5.88 Å². The Labute approximate surface area is 88.3 Å². The average Bonchev–Trinajstić information content (AvgIpc) is 2.45. The molecule has 0 fully saturated rings. The highest BCUT2D eigenvalue weighted by atomic mass is 16.6. The van der Waals surface area contributed by atoms with Crippen LogP contribution in [0.15, 0.2) is 10.6 Å². The summed E-state index contributed by atoms with van der Waals surface area (Å²) in [4.78, 5) is 11.2. The number of aromatic nitrogens is 1. The number of ether oxygens (including phenoxy) is 2. The summed E-state index contributed by atoms with van der Waals surface area (Å²) in [5.74, 6) is 0.496. The van der Waals surface area contributed by atoms with Crippen LogP contribution < -0.4 is 4.74 Å². The van der Waals surface area contributed by atoms with Gasteiger partial charge in [-0.1, -0.05) is 0 Å². The molecule has 0 aliphatic carbocycles. The summed E-state index contributed by atoms with van der Waals surface area (Å²) in [5, 5.41) is 3.58. The first-order valence-corrected chi connectivity index (χ1v) is 4.65. The maximum absolute atomic E-state index is 11.2. The first-order valence-electron chi connectivity index (χ1n) is 4.65. The van der Waals surface area contributed by atoms with E-state index < -0.39 is 11.6 Å². The summed E-state index contributed by atoms with van der Waals surface area (Å²) < 4.78 is 14.9. The quantitative estimate of drug-likeness (QED) is 0.715. The van der Waals surface area contributed by atoms with E-state index >= 15 is 0 Å². The van der Waals surface area contributed by atoms with Crippen LogP contribution >= 0.6 is 0 Å². The minimum atomic E-state index is -0.500. The van der Waals surface area contributed by atoms with Crippen molar-refractivity contribution >= 4 is 5.97 Å². The van der Waals surface area contributed by atoms with Gasteiger partial charge < -0.3 is 14.0 Å². The van der Waals surface area contributed by atoms with Gasteiger partial charge in [0.25, 0.3) is 5.88 Å². The van der Waals surface area contributed by atoms with Gasteiger partial charge in [0.15, 0.2) is 6.61 Å². The summed E-state index contributed by atoms with van der Waals surface area (Å²) in [6, 6.07) is 1.60. The van der Waals surface area contributed by atoms with Gasteiger partial charge in [-0.3, -0.25) is 0 Å². The minimum absolute atomic E-state index is 0.163. The van der Waals surface area contributed by atoms with Gasteiger partial charge in [-0.05, 0) is 32.9 Å². The monoisotopic (exact) mass is 213 g/mol. The molecule has 5 heteroatoms. The molecular formula is C10H15NO4. The van der Waals surface area contributed by atoms with Crippen molar-refractivity contribution < 1.29 is 18.8 Å². The molecule has 0 aromatic carbocycles. The summed E-state index contributed by atoms with van der Waals surface area (Å²) in [6.45, 7) is 6.97. The molecule has 0 aliphatic rings. The Balaban J connectivity index is 2.35. The number of hydrogen-bond acceptors (Lipinski definition) is 5. The summed E-state index contributed by atoms with van der Waals surface area (Å²) >= 11 is 0. The van der Waals surface area contributed by atoms with Crippen LogP contribution in [0.5, 0.6) is 5.88 Å². The fraction of sp³-hybridized carbons (Fsp3) is 0.600. The van der Waals surface area contributed by atoms with Gasteiger partial charge in [0.1, 0.15) is 11.4 Å². The third-order valence-corrected chi connectivity index (χ3v) is 1.36. The lowest BCUT2D eigenvalue weighted by molar-refractivity contribution is -0.157. The van der Waals surface area contributed by atoms with Crippen LogP contribution in [0.25, 0.3) is 0 Å². The van der Waals surface area contributed by atoms with E-state index in [0.29, 0.717) is 11.6 Å². The Morgan fingerprint density at radius 3 is 2.67 bits per heavy atom. The Bertz CT molecular complexity index is 337. The molecule has 0 N–H and O–H groups in total. The first kappa shape index (κ1) is 11.6. The van der Waals surface area contributed by atoms with Crippen LogP contribution in [-0.2, 0) is 9.53 Å². The lowest BCUT2D eigenvalue weighted by atomic mass is 10.2. The molecule has 0 unspecified atom stereocenters. The standard InChI is InChI=1S/C10H15NO4/c1-7-5-8(11-15-7)13-6-9(12)14-10(2,3)4/h5H,6H2,1-4H3. The van der Waals surface area contributed by atoms with Gasteiger partial charge >= 0.3 is 5.97 Å². The van der Waals surface area contributed by atoms with Crippen LogP contribution in [0.3, 0.4) is 0 Å². The van der Waals surface area contributed by atoms with Crippen molar-refractivity contribution in [3.63, 3.8) is 0 Å². The number of nitrogens with zero attached hydrogens (tertiary/aromatic N) is 1. The molecule has 0 amide bonds. The molecule has 1 aromatic rings. The predicted octanol–water partition coefficient (Wildman–Crippen LogP) is 1.70. The van der Waals surface area contributed by atoms with Crippen molar-refractivity contribution in [2.75, 3.05) is 6.61 Å². The maximum atomic E-state index is 11.2. The number of carbonyl (C=O) groups excluding carboxylic acids is 1. The molecule has 0 saturated carbocycles. The van der Waals surface area contributed by atoms with Crippen LogP contribution in [-0.4, -0.2) is 23.3 Å². The molecule has 0 saturated heterocycles. The van der Waals surface area contributed by atoms with Crippen LogP contribution in [0.2, 0.25) is 0 Å². The lowest BCUT2D eigenvalue weighted by Crippen LogP contribution is -2.27. The molecule has 0 spiro atoms. The maximum Gasteiger partial charge on any atom is 0.344 e. The second-order valence-corrected chi connectivity index (χ2v) is 4.15. The Kier molecular flexibility index (Phi) is 3.34. The van der Waals surface area contributed by atoms with E-state index in [1.165, 1.54) is 0 Å². The van der Waals surface area contributed by atoms with Gasteiger partial charge in [0, 0.05) is 6.07 Å². The summed E-state index contributed by atoms with van der Waals surface area (Å²) in [6.07, 6.45) is 0. The SMILES string of the molecule is Cc1cc(OCC(=O)OC(C)(C)C)no1. The van der Waals surface area contributed by atoms with Crippen LogP contribution in [0.4, 0.5) is 0 Å². The lowest BCUT2D eigenvalue weighted by Gasteiger charge is -2.19. The molecule has 1 aromatic heterocycles. The zero-order valence-corrected chi connectivity index (χ0v) is 9.36. The third-order valence-electron chi connectivity index (χ3n) is 1.36. The predicted molar refractivity (Wildman–Crippen MR) is 52.6 cm³/mol. The van der Waals surface area contributed by atoms with E-state index in [9.17, 15) is 4.79 Å². The van der Waals surface area contributed by atoms with Gasteiger partial charge in [0.05, 0.1) is 0 Å². The van der Waals surface area contributed by atoms with E-state index in [1.807, 2.05) is 0 Å². The van der Waals surface area contributed by atoms with Crippen LogP contribution in [0.1, 0.15) is 26.5 Å². The van der Waals surface area contributed by atoms with Crippen LogP contribution in [0, 0.1) is 6.92 Å². The highest BCUT2D eigenvalue weighted by Crippen LogP contribution is 2.11. The highest BCUT2D eigenvalue weighted by Gasteiger charge is 2.16. The molecule has 0 radical (unpaired) electrons. The van der Waals surface area contributed by atoms with Crippen molar-refractivity contribution in [2.24, 2.45) is 0 Å². The molecule has 1 heterocycles. The summed E-state index contributed by atoms with van der Waals surface area (Å²) in [5.41, 5.74) is -0.500. The van der Waals surface area contributed by atoms with E-state index in [4.69, 9.17) is 14.0 Å². The van der Waals surface area contributed by atoms with Crippen molar-refractivity contribution in [2.45, 2.75) is 33.3 Å². The van der Waals surface area contributed by atoms with Crippen molar-refractivity contribution in [3.05, 3.63) is 11.8 Å². The number of carbonyl (C=O) groups is 1. The second kappa shape index (κ2) is 4.33. The van der Waals surface area contributed by atoms with E-state index in [0.717, 1.165) is 0 Å². The van der Waals surface area contributed by atoms with Gasteiger partial charge in [0.2, 0.25) is 0 Å². The Hall–Kier alpha value is -1.52. The fourth-order valence-corrected chi connectivity index (χ4v) is 0.915. The average molecular weight is 213 g/mol. The minimum Gasteiger partial charge on any atom is -0.463 e. The van der Waals surface area contributed by atoms with Gasteiger partial charge in [-0.15, -0.1) is 0 Å². The van der Waals surface area contributed by atoms with E-state index in [2.05, 4.69) is 5.16 Å². The molecule has 15 heavy (non-hydrogen) atoms. The zero-order chi connectivity index (χ0) is 11.5. The van der Waals surface area contributed by atoms with Gasteiger partial charge in [-0.25, -0.2) is 4.79 Å². The second-order valence-electron chi connectivity index (χ2n) is 4.15. The molecule has 1 rings (SSSR count). The van der Waals surface area contributed by atoms with Crippen molar-refractivity contribution in [1.29, 1.82) is 0 Å². The number of hydrogen-bond donors (Lipinski definition) is 0. The molecule has 0 aliphatic heterocycles. The number of esters is 1. The zero-order valence-electron chi connectivity index (χ0n) is 9.36. The van der Waals surface area contributed by atoms with E-state index in [1.54, 1.807) is 33.8 Å². The number of rotatable bonds is 3. The van der Waals surface area contributed by atoms with Gasteiger partial charge in [-0.2, -0.15) is 0 Å². The normalized spacial score (nSPS) is 11.2. The molecular weight excluding hydrogens is 198 g/mol. The third kappa shape index (κ3) is 4.49. The Morgan fingerprint density at radius 2 is 2.20 bits per heavy atom. The topological polar surface area (TPSA) is 61.6 Å². The first-order chi connectivity index (χ1) is 6.87. The molecule has 0 bridgehead atoms. The smallest absolute Gasteiger partial charge is 0.344 e. The molecule has 0 atom stereocenters. The largest absolute Gasteiger partial charge is 0.463 e. The number of aryl methyl sites for hydroxylation is 1. The highest BCUT2D eigenvalue weighted by molar-refractivity contribution is 5.71. The van der Waals surface area contributed by atoms with Crippen molar-refractivity contribution in [1.82, 2.24) is 5.16 Å². The van der Waals surface area contributed by atoms with E-state index in [-0.39, 0.29) is 6.61 Å². The fourth-order valence-electron chi connectivity index (χ4n) is 0.915. The molecule has 5 nitrogen and oxygen atoms in total.